The van der Waals surface area contributed by atoms with Gasteiger partial charge in [-0.15, -0.1) is 0 Å². The van der Waals surface area contributed by atoms with Gasteiger partial charge in [0, 0.05) is 18.1 Å². The highest BCUT2D eigenvalue weighted by atomic mass is 33.1. The molecule has 0 aromatic carbocycles. The minimum atomic E-state index is -1.99. The Bertz CT molecular complexity index is 1270. The van der Waals surface area contributed by atoms with Crippen molar-refractivity contribution in [2.75, 3.05) is 24.8 Å². The molecule has 4 aliphatic carbocycles. The molecule has 0 amide bonds. The molecule has 0 radical (unpaired) electrons. The van der Waals surface area contributed by atoms with Crippen molar-refractivity contribution in [1.29, 1.82) is 0 Å². The summed E-state index contributed by atoms with van der Waals surface area (Å²) in [6.07, 6.45) is 2.85. The number of carbonyl (C=O) groups is 2. The Hall–Kier alpha value is -1.00. The molecule has 7 rings (SSSR count). The smallest absolute Gasteiger partial charge is 0.187 e. The number of ketones is 2. The zero-order chi connectivity index (χ0) is 31.7. The minimum absolute atomic E-state index is 0.0872. The van der Waals surface area contributed by atoms with E-state index in [4.69, 9.17) is 9.47 Å². The van der Waals surface area contributed by atoms with Crippen LogP contribution in [0.15, 0.2) is 23.5 Å². The van der Waals surface area contributed by atoms with Gasteiger partial charge in [-0.2, -0.15) is 0 Å². The van der Waals surface area contributed by atoms with Gasteiger partial charge in [-0.1, -0.05) is 39.7 Å². The van der Waals surface area contributed by atoms with E-state index in [-0.39, 0.29) is 41.6 Å². The van der Waals surface area contributed by atoms with E-state index < -0.39 is 71.5 Å². The van der Waals surface area contributed by atoms with Crippen LogP contribution in [-0.2, 0) is 19.1 Å². The van der Waals surface area contributed by atoms with Crippen LogP contribution in [0.4, 0.5) is 0 Å². The number of rotatable bonds is 1. The number of ether oxygens (including phenoxy) is 2. The number of piperidine rings is 1. The second-order valence-electron chi connectivity index (χ2n) is 14.6. The van der Waals surface area contributed by atoms with E-state index in [2.05, 4.69) is 10.6 Å². The fourth-order valence-corrected chi connectivity index (χ4v) is 12.1. The average Bonchev–Trinajstić information content (AvgIpc) is 3.02. The van der Waals surface area contributed by atoms with Crippen LogP contribution >= 0.6 is 21.6 Å². The van der Waals surface area contributed by atoms with Gasteiger partial charge in [0.05, 0.1) is 37.0 Å². The predicted octanol–water partition coefficient (Wildman–Crippen LogP) is 0.526. The molecule has 6 fully saturated rings. The summed E-state index contributed by atoms with van der Waals surface area (Å²) in [5, 5.41) is 63.4. The van der Waals surface area contributed by atoms with E-state index in [1.807, 2.05) is 13.0 Å². The van der Waals surface area contributed by atoms with Crippen LogP contribution in [0.25, 0.3) is 0 Å². The molecule has 0 aromatic heterocycles. The number of aliphatic hydroxyl groups is 5. The first-order valence-corrected chi connectivity index (χ1v) is 19.1. The number of allylic oxidation sites excluding steroid dienone is 4. The quantitative estimate of drug-likeness (QED) is 0.193. The molecule has 7 aliphatic rings. The Morgan fingerprint density at radius 3 is 2.76 bits per heavy atom. The summed E-state index contributed by atoms with van der Waals surface area (Å²) >= 11 is 0. The lowest BCUT2D eigenvalue weighted by Gasteiger charge is -2.61. The average molecular weight is 668 g/mol. The summed E-state index contributed by atoms with van der Waals surface area (Å²) in [7, 11) is 3.05. The molecule has 8 N–H and O–H groups in total. The van der Waals surface area contributed by atoms with E-state index in [1.54, 1.807) is 16.9 Å². The third-order valence-electron chi connectivity index (χ3n) is 12.2. The van der Waals surface area contributed by atoms with Crippen molar-refractivity contribution < 1.29 is 49.9 Å². The number of Topliss-reactive ketones (excluding diaryl/α,β-unsaturated/α-hetero) is 2. The van der Waals surface area contributed by atoms with Gasteiger partial charge in [0.25, 0.3) is 0 Å². The number of nitrogens with two attached hydrogens (primary N) is 1. The maximum atomic E-state index is 14.8. The fraction of sp³-hybridized carbons (Fsp3) is 0.812. The van der Waals surface area contributed by atoms with Crippen LogP contribution in [0, 0.1) is 35.0 Å². The second kappa shape index (κ2) is 12.2. The van der Waals surface area contributed by atoms with Crippen molar-refractivity contribution in [2.24, 2.45) is 35.0 Å². The number of carbonyl (C=O) groups excluding carboxylic acids is 2. The SMILES string of the molecule is CC1=C[C@H]2C(=O)C3CCCC4O[C@@H]5O[C@]6(CO)CC[C@@H](CC7CC[NH2+]C(C7)NCSSC[C@@]2(C(=O)C43)C(O)=C1)[C@](O)([C@@H]6O)[C@H]5O. The molecule has 45 heavy (non-hydrogen) atoms. The second-order valence-corrected chi connectivity index (χ2v) is 17.0. The van der Waals surface area contributed by atoms with E-state index >= 15 is 0 Å². The van der Waals surface area contributed by atoms with Gasteiger partial charge in [0.2, 0.25) is 0 Å². The third-order valence-corrected chi connectivity index (χ3v) is 14.4. The Kier molecular flexibility index (Phi) is 8.79. The van der Waals surface area contributed by atoms with Crippen molar-refractivity contribution in [3.05, 3.63) is 23.5 Å². The molecule has 3 heterocycles. The van der Waals surface area contributed by atoms with Gasteiger partial charge in [-0.05, 0) is 63.4 Å². The van der Waals surface area contributed by atoms with Gasteiger partial charge >= 0.3 is 0 Å². The molecule has 0 aromatic rings. The number of fused-ring (bicyclic) bond motifs is 4. The third kappa shape index (κ3) is 5.02. The van der Waals surface area contributed by atoms with Gasteiger partial charge < -0.3 is 40.3 Å². The summed E-state index contributed by atoms with van der Waals surface area (Å²) in [6, 6.07) is 0. The topological polar surface area (TPSA) is 182 Å². The summed E-state index contributed by atoms with van der Waals surface area (Å²) < 4.78 is 12.7. The van der Waals surface area contributed by atoms with Gasteiger partial charge in [-0.25, -0.2) is 0 Å². The molecule has 250 valence electrons. The van der Waals surface area contributed by atoms with Gasteiger partial charge in [0.1, 0.15) is 46.5 Å². The number of hydrogen-bond donors (Lipinski definition) is 7. The molecule has 3 saturated carbocycles. The first-order chi connectivity index (χ1) is 21.5. The van der Waals surface area contributed by atoms with Crippen LogP contribution in [0.2, 0.25) is 0 Å². The number of nitrogens with one attached hydrogen (secondary N) is 1. The highest BCUT2D eigenvalue weighted by molar-refractivity contribution is 8.76. The van der Waals surface area contributed by atoms with Crippen LogP contribution in [0.5, 0.6) is 0 Å². The van der Waals surface area contributed by atoms with E-state index in [0.29, 0.717) is 38.0 Å². The van der Waals surface area contributed by atoms with E-state index in [0.717, 1.165) is 25.0 Å². The van der Waals surface area contributed by atoms with Crippen molar-refractivity contribution in [3.63, 3.8) is 0 Å². The van der Waals surface area contributed by atoms with Crippen LogP contribution < -0.4 is 10.6 Å². The predicted molar refractivity (Wildman–Crippen MR) is 166 cm³/mol. The molecule has 3 saturated heterocycles. The zero-order valence-corrected chi connectivity index (χ0v) is 27.3. The summed E-state index contributed by atoms with van der Waals surface area (Å²) in [6.45, 7) is 2.16. The fourth-order valence-electron chi connectivity index (χ4n) is 9.77. The van der Waals surface area contributed by atoms with Crippen molar-refractivity contribution in [2.45, 2.75) is 100 Å². The van der Waals surface area contributed by atoms with Crippen LogP contribution in [-0.4, -0.2) is 104 Å². The minimum Gasteiger partial charge on any atom is -0.511 e. The molecule has 1 spiro atoms. The lowest BCUT2D eigenvalue weighted by atomic mass is 9.53. The van der Waals surface area contributed by atoms with Gasteiger partial charge in [0.15, 0.2) is 12.1 Å². The molecular weight excluding hydrogens is 620 g/mol. The maximum Gasteiger partial charge on any atom is 0.187 e. The standard InChI is InChI=1S/C32H46N2O9S2/c1-16-9-20-25(37)19-3-2-4-21-24(19)26(38)31(20,22(36)10-16)14-44-45-15-34-23-12-17(6-8-33-23)11-18-5-7-30(13-35)29(40)32(18,41)27(39)28(42-21)43-30/h9-10,17-21,23-24,27-29,33-36,39-41H,2-8,11-15H2,1H3/p+1/t17?,18-,19?,20-,21?,23?,24?,27-,28+,29+,30-,31-,32+/m0/s1. The summed E-state index contributed by atoms with van der Waals surface area (Å²) in [5.41, 5.74) is -4.22. The molecule has 13 heteroatoms. The molecular formula is C32H47N2O9S2+. The normalized spacial score (nSPS) is 50.5. The van der Waals surface area contributed by atoms with Crippen LogP contribution in [0.1, 0.15) is 58.3 Å². The van der Waals surface area contributed by atoms with Crippen molar-refractivity contribution in [3.8, 4) is 0 Å². The maximum absolute atomic E-state index is 14.8. The molecule has 11 nitrogen and oxygen atoms in total. The van der Waals surface area contributed by atoms with E-state index in [9.17, 15) is 35.1 Å². The Labute approximate surface area is 271 Å². The lowest BCUT2D eigenvalue weighted by Crippen LogP contribution is -2.95. The van der Waals surface area contributed by atoms with Gasteiger partial charge in [-0.3, -0.25) is 14.9 Å². The monoisotopic (exact) mass is 667 g/mol. The molecule has 13 atom stereocenters. The van der Waals surface area contributed by atoms with E-state index in [1.165, 1.54) is 10.8 Å². The van der Waals surface area contributed by atoms with Crippen LogP contribution in [0.3, 0.4) is 0 Å². The number of quaternary nitrogens is 1. The first kappa shape index (κ1) is 32.5. The Balaban J connectivity index is 1.29. The number of hydrogen-bond acceptors (Lipinski definition) is 12. The first-order valence-electron chi connectivity index (χ1n) is 16.6. The molecule has 5 unspecified atom stereocenters. The zero-order valence-electron chi connectivity index (χ0n) is 25.7. The molecule has 3 aliphatic heterocycles. The van der Waals surface area contributed by atoms with Crippen molar-refractivity contribution in [1.82, 2.24) is 5.32 Å². The Morgan fingerprint density at radius 2 is 1.96 bits per heavy atom. The van der Waals surface area contributed by atoms with Crippen molar-refractivity contribution >= 4 is 33.2 Å². The number of aliphatic hydroxyl groups excluding tert-OH is 4. The largest absolute Gasteiger partial charge is 0.511 e. The summed E-state index contributed by atoms with van der Waals surface area (Å²) in [5.74, 6) is -2.06. The Morgan fingerprint density at radius 1 is 1.13 bits per heavy atom. The highest BCUT2D eigenvalue weighted by Crippen LogP contribution is 2.56. The molecule has 7 bridgehead atoms. The highest BCUT2D eigenvalue weighted by Gasteiger charge is 2.69. The summed E-state index contributed by atoms with van der Waals surface area (Å²) in [4.78, 5) is 29.0. The lowest BCUT2D eigenvalue weighted by molar-refractivity contribution is -0.704.